The zero-order valence-corrected chi connectivity index (χ0v) is 23.4. The maximum atomic E-state index is 12.9. The number of amides is 3. The van der Waals surface area contributed by atoms with Gasteiger partial charge in [-0.05, 0) is 68.9 Å². The Hall–Kier alpha value is -3.28. The fraction of sp³-hybridized carbons (Fsp3) is 0.385. The van der Waals surface area contributed by atoms with Gasteiger partial charge in [0.1, 0.15) is 11.3 Å². The number of Topliss-reactive ketones (excluding diaryl/α,β-unsaturated/α-hetero) is 1. The van der Waals surface area contributed by atoms with E-state index in [0.717, 1.165) is 11.3 Å². The van der Waals surface area contributed by atoms with Crippen molar-refractivity contribution in [3.8, 4) is 0 Å². The van der Waals surface area contributed by atoms with Gasteiger partial charge in [-0.1, -0.05) is 6.07 Å². The Labute approximate surface area is 225 Å². The highest BCUT2D eigenvalue weighted by Gasteiger charge is 2.20. The van der Waals surface area contributed by atoms with Crippen LogP contribution in [0, 0.1) is 0 Å². The number of rotatable bonds is 10. The van der Waals surface area contributed by atoms with E-state index in [1.807, 2.05) is 47.3 Å². The number of carbonyl (C=O) groups excluding carboxylic acids is 3. The minimum Gasteiger partial charge on any atom is -0.444 e. The molecule has 11 heteroatoms. The van der Waals surface area contributed by atoms with E-state index in [1.54, 1.807) is 43.3 Å². The van der Waals surface area contributed by atoms with Crippen LogP contribution in [0.4, 0.5) is 21.0 Å². The first-order chi connectivity index (χ1) is 17.5. The molecule has 198 valence electrons. The Morgan fingerprint density at radius 1 is 1.00 bits per heavy atom. The van der Waals surface area contributed by atoms with Crippen LogP contribution in [0.3, 0.4) is 0 Å². The van der Waals surface area contributed by atoms with E-state index in [4.69, 9.17) is 4.74 Å². The van der Waals surface area contributed by atoms with E-state index in [9.17, 15) is 14.4 Å². The van der Waals surface area contributed by atoms with Gasteiger partial charge in [0.05, 0.1) is 11.4 Å². The van der Waals surface area contributed by atoms with Crippen molar-refractivity contribution in [1.29, 1.82) is 0 Å². The molecule has 0 fully saturated rings. The number of ether oxygens (including phenoxy) is 1. The van der Waals surface area contributed by atoms with Crippen molar-refractivity contribution < 1.29 is 19.1 Å². The average Bonchev–Trinajstić information content (AvgIpc) is 3.47. The summed E-state index contributed by atoms with van der Waals surface area (Å²) >= 11 is 2.91. The number of aromatic nitrogens is 1. The molecule has 37 heavy (non-hydrogen) atoms. The second kappa shape index (κ2) is 12.8. The van der Waals surface area contributed by atoms with Crippen molar-refractivity contribution in [1.82, 2.24) is 14.8 Å². The van der Waals surface area contributed by atoms with Crippen LogP contribution in [0.2, 0.25) is 0 Å². The average molecular weight is 544 g/mol. The zero-order valence-electron chi connectivity index (χ0n) is 21.7. The van der Waals surface area contributed by atoms with Crippen LogP contribution in [0.1, 0.15) is 42.4 Å². The van der Waals surface area contributed by atoms with Crippen LogP contribution in [-0.2, 0) is 17.7 Å². The smallest absolute Gasteiger partial charge is 0.412 e. The Morgan fingerprint density at radius 3 is 2.41 bits per heavy atom. The van der Waals surface area contributed by atoms with Crippen molar-refractivity contribution in [3.05, 3.63) is 62.7 Å². The first-order valence-electron chi connectivity index (χ1n) is 11.8. The van der Waals surface area contributed by atoms with Crippen molar-refractivity contribution in [2.45, 2.75) is 39.3 Å². The molecule has 0 saturated carbocycles. The monoisotopic (exact) mass is 543 g/mol. The Morgan fingerprint density at radius 2 is 1.78 bits per heavy atom. The maximum absolute atomic E-state index is 12.9. The standard InChI is InChI=1S/C26H33N5O4S2/c1-26(2,3)35-25(34)29-22-17-37-15-19(22)12-23(32)21-7-6-18(13-27-21)14-31(10-9-30(4)5)24(33)28-20-8-11-36-16-20/h6-8,11,13,15-17H,9-10,12,14H2,1-5H3,(H,28,33)(H,29,34). The van der Waals surface area contributed by atoms with Crippen LogP contribution < -0.4 is 10.6 Å². The number of hydrogen-bond acceptors (Lipinski definition) is 8. The molecule has 0 aromatic carbocycles. The highest BCUT2D eigenvalue weighted by Crippen LogP contribution is 2.24. The molecule has 0 aliphatic heterocycles. The Balaban J connectivity index is 1.62. The van der Waals surface area contributed by atoms with E-state index in [0.29, 0.717) is 36.6 Å². The summed E-state index contributed by atoms with van der Waals surface area (Å²) in [5.74, 6) is -0.170. The number of ketones is 1. The van der Waals surface area contributed by atoms with Crippen LogP contribution in [-0.4, -0.2) is 65.5 Å². The molecule has 3 aromatic rings. The quantitative estimate of drug-likeness (QED) is 0.324. The lowest BCUT2D eigenvalue weighted by Crippen LogP contribution is -2.39. The number of nitrogens with one attached hydrogen (secondary N) is 2. The summed E-state index contributed by atoms with van der Waals surface area (Å²) in [6, 6.07) is 5.15. The zero-order chi connectivity index (χ0) is 27.0. The van der Waals surface area contributed by atoms with E-state index in [2.05, 4.69) is 15.6 Å². The number of thiophene rings is 2. The number of anilines is 2. The number of urea groups is 1. The Kier molecular flexibility index (Phi) is 9.79. The molecule has 0 atom stereocenters. The van der Waals surface area contributed by atoms with Gasteiger partial charge in [0.15, 0.2) is 5.78 Å². The van der Waals surface area contributed by atoms with Gasteiger partial charge in [-0.25, -0.2) is 9.59 Å². The van der Waals surface area contributed by atoms with Gasteiger partial charge in [-0.3, -0.25) is 15.1 Å². The van der Waals surface area contributed by atoms with E-state index >= 15 is 0 Å². The molecule has 0 unspecified atom stereocenters. The third kappa shape index (κ3) is 9.27. The van der Waals surface area contributed by atoms with Gasteiger partial charge in [0, 0.05) is 43.0 Å². The van der Waals surface area contributed by atoms with Crippen LogP contribution in [0.15, 0.2) is 45.9 Å². The van der Waals surface area contributed by atoms with Crippen molar-refractivity contribution >= 4 is 52.0 Å². The Bertz CT molecular complexity index is 1180. The maximum Gasteiger partial charge on any atom is 0.412 e. The van der Waals surface area contributed by atoms with E-state index in [1.165, 1.54) is 22.7 Å². The third-order valence-corrected chi connectivity index (χ3v) is 6.57. The summed E-state index contributed by atoms with van der Waals surface area (Å²) in [5, 5.41) is 13.0. The number of nitrogens with zero attached hydrogens (tertiary/aromatic N) is 3. The molecule has 0 radical (unpaired) electrons. The van der Waals surface area contributed by atoms with Gasteiger partial charge in [-0.15, -0.1) is 11.3 Å². The summed E-state index contributed by atoms with van der Waals surface area (Å²) in [6.45, 7) is 6.98. The van der Waals surface area contributed by atoms with Crippen LogP contribution in [0.5, 0.6) is 0 Å². The van der Waals surface area contributed by atoms with E-state index < -0.39 is 11.7 Å². The first kappa shape index (κ1) is 28.3. The summed E-state index contributed by atoms with van der Waals surface area (Å²) < 4.78 is 5.30. The topological polar surface area (TPSA) is 104 Å². The minimum atomic E-state index is -0.617. The highest BCUT2D eigenvalue weighted by atomic mass is 32.1. The molecule has 9 nitrogen and oxygen atoms in total. The largest absolute Gasteiger partial charge is 0.444 e. The molecule has 0 bridgehead atoms. The molecule has 0 saturated heterocycles. The molecule has 3 amide bonds. The fourth-order valence-electron chi connectivity index (χ4n) is 3.26. The molecular formula is C26H33N5O4S2. The van der Waals surface area contributed by atoms with Crippen molar-refractivity contribution in [2.24, 2.45) is 0 Å². The molecule has 3 rings (SSSR count). The molecular weight excluding hydrogens is 510 g/mol. The summed E-state index contributed by atoms with van der Waals surface area (Å²) in [7, 11) is 3.91. The van der Waals surface area contributed by atoms with Gasteiger partial charge in [0.2, 0.25) is 0 Å². The number of hydrogen-bond donors (Lipinski definition) is 2. The lowest BCUT2D eigenvalue weighted by atomic mass is 10.1. The molecule has 0 spiro atoms. The van der Waals surface area contributed by atoms with Crippen LogP contribution in [0.25, 0.3) is 0 Å². The van der Waals surface area contributed by atoms with E-state index in [-0.39, 0.29) is 18.2 Å². The fourth-order valence-corrected chi connectivity index (χ4v) is 4.64. The third-order valence-electron chi connectivity index (χ3n) is 5.09. The van der Waals surface area contributed by atoms with Gasteiger partial charge in [-0.2, -0.15) is 11.3 Å². The second-order valence-corrected chi connectivity index (χ2v) is 11.3. The van der Waals surface area contributed by atoms with Gasteiger partial charge < -0.3 is 19.9 Å². The predicted octanol–water partition coefficient (Wildman–Crippen LogP) is 5.57. The lowest BCUT2D eigenvalue weighted by molar-refractivity contribution is 0.0635. The number of pyridine rings is 1. The van der Waals surface area contributed by atoms with Gasteiger partial charge >= 0.3 is 12.1 Å². The molecule has 3 heterocycles. The predicted molar refractivity (Wildman–Crippen MR) is 149 cm³/mol. The van der Waals surface area contributed by atoms with Crippen molar-refractivity contribution in [2.75, 3.05) is 37.8 Å². The second-order valence-electron chi connectivity index (χ2n) is 9.76. The number of likely N-dealkylation sites (N-methyl/N-ethyl adjacent to an activating group) is 1. The molecule has 2 N–H and O–H groups in total. The lowest BCUT2D eigenvalue weighted by Gasteiger charge is -2.24. The highest BCUT2D eigenvalue weighted by molar-refractivity contribution is 7.08. The van der Waals surface area contributed by atoms with Crippen LogP contribution >= 0.6 is 22.7 Å². The first-order valence-corrected chi connectivity index (χ1v) is 13.6. The SMILES string of the molecule is CN(C)CCN(Cc1ccc(C(=O)Cc2cscc2NC(=O)OC(C)(C)C)nc1)C(=O)Nc1ccsc1. The molecule has 0 aliphatic carbocycles. The molecule has 0 aliphatic rings. The summed E-state index contributed by atoms with van der Waals surface area (Å²) in [6.07, 6.45) is 1.16. The molecule has 3 aromatic heterocycles. The summed E-state index contributed by atoms with van der Waals surface area (Å²) in [5.41, 5.74) is 2.54. The summed E-state index contributed by atoms with van der Waals surface area (Å²) in [4.78, 5) is 46.0. The van der Waals surface area contributed by atoms with Crippen molar-refractivity contribution in [3.63, 3.8) is 0 Å². The number of carbonyl (C=O) groups is 3. The van der Waals surface area contributed by atoms with Gasteiger partial charge in [0.25, 0.3) is 0 Å². The minimum absolute atomic E-state index is 0.0962. The normalized spacial score (nSPS) is 11.3.